The van der Waals surface area contributed by atoms with Gasteiger partial charge in [-0.2, -0.15) is 0 Å². The Morgan fingerprint density at radius 3 is 1.63 bits per heavy atom. The maximum atomic E-state index is 15.2. The highest BCUT2D eigenvalue weighted by Crippen LogP contribution is 2.24. The summed E-state index contributed by atoms with van der Waals surface area (Å²) in [6, 6.07) is 10.8. The molecule has 6 N–H and O–H groups in total. The summed E-state index contributed by atoms with van der Waals surface area (Å²) >= 11 is 0. The van der Waals surface area contributed by atoms with Crippen molar-refractivity contribution in [2.75, 3.05) is 93.4 Å². The Morgan fingerprint density at radius 2 is 1.11 bits per heavy atom. The smallest absolute Gasteiger partial charge is 0.408 e. The standard InChI is InChI=1S/C65H104N8O16/c1-44(2)39-51(69-62(80)89-65(11,12)13)56(74)68-52(40-45(3)4)59(77)88-53(43-73(72-58(76)55(64(8,9)10)70-60(78)82-15)42-47-24-26-48(27-25-47)49-23-19-20-28-66-49)50(41-46-21-17-16-18-22-46)67-57(75)54(63(5,6)7)71-61(79)87-38-37-86-36-35-85-34-33-84-32-31-83-30-29-81-14/h16-19,21-27,44-45,50-55H,20,28-43H2,1-15H3,(H,67,75)(H,68,74)(H,69,80)(H,70,78)(H,71,79)(H,72,76). The van der Waals surface area contributed by atoms with Crippen molar-refractivity contribution in [1.29, 1.82) is 0 Å². The molecule has 6 unspecified atom stereocenters. The van der Waals surface area contributed by atoms with Gasteiger partial charge in [-0.3, -0.25) is 24.8 Å². The predicted octanol–water partition coefficient (Wildman–Crippen LogP) is 7.00. The zero-order valence-corrected chi connectivity index (χ0v) is 55.4. The highest BCUT2D eigenvalue weighted by atomic mass is 16.6. The lowest BCUT2D eigenvalue weighted by Gasteiger charge is -2.37. The molecule has 0 aromatic heterocycles. The lowest BCUT2D eigenvalue weighted by Crippen LogP contribution is -2.62. The number of nitrogens with zero attached hydrogens (tertiary/aromatic N) is 2. The first-order valence-electron chi connectivity index (χ1n) is 30.8. The van der Waals surface area contributed by atoms with E-state index in [1.807, 2.05) is 88.4 Å². The quantitative estimate of drug-likeness (QED) is 0.0171. The van der Waals surface area contributed by atoms with E-state index in [1.165, 1.54) is 12.1 Å². The average Bonchev–Trinajstić information content (AvgIpc) is 1.57. The summed E-state index contributed by atoms with van der Waals surface area (Å²) in [7, 11) is 2.80. The highest BCUT2D eigenvalue weighted by Gasteiger charge is 2.40. The number of esters is 1. The van der Waals surface area contributed by atoms with Gasteiger partial charge in [-0.05, 0) is 91.9 Å². The fraction of sp³-hybridized carbons (Fsp3) is 0.662. The minimum absolute atomic E-state index is 0.000915. The molecule has 2 aromatic carbocycles. The Balaban J connectivity index is 2.11. The van der Waals surface area contributed by atoms with Gasteiger partial charge in [0.1, 0.15) is 42.5 Å². The average molecular weight is 1250 g/mol. The Morgan fingerprint density at radius 1 is 0.573 bits per heavy atom. The maximum absolute atomic E-state index is 15.2. The molecule has 6 atom stereocenters. The van der Waals surface area contributed by atoms with Gasteiger partial charge < -0.3 is 69.2 Å². The molecule has 3 rings (SSSR count). The van der Waals surface area contributed by atoms with Crippen LogP contribution in [0.25, 0.3) is 0 Å². The van der Waals surface area contributed by atoms with Gasteiger partial charge in [0.25, 0.3) is 5.91 Å². The first kappa shape index (κ1) is 76.5. The molecule has 0 radical (unpaired) electrons. The minimum Gasteiger partial charge on any atom is -0.457 e. The zero-order chi connectivity index (χ0) is 66.2. The predicted molar refractivity (Wildman–Crippen MR) is 338 cm³/mol. The summed E-state index contributed by atoms with van der Waals surface area (Å²) < 4.78 is 49.6. The summed E-state index contributed by atoms with van der Waals surface area (Å²) in [5.41, 5.74) is 3.46. The van der Waals surface area contributed by atoms with Gasteiger partial charge in [0.05, 0.1) is 84.9 Å². The van der Waals surface area contributed by atoms with Crippen LogP contribution in [-0.2, 0) is 74.8 Å². The van der Waals surface area contributed by atoms with Crippen molar-refractivity contribution in [3.63, 3.8) is 0 Å². The number of allylic oxidation sites excluding steroid dienone is 1. The molecule has 0 saturated heterocycles. The van der Waals surface area contributed by atoms with Gasteiger partial charge in [-0.25, -0.2) is 24.2 Å². The molecule has 1 heterocycles. The molecule has 24 nitrogen and oxygen atoms in total. The molecule has 0 fully saturated rings. The van der Waals surface area contributed by atoms with E-state index < -0.39 is 94.7 Å². The molecule has 24 heteroatoms. The van der Waals surface area contributed by atoms with Crippen LogP contribution in [0.1, 0.15) is 126 Å². The van der Waals surface area contributed by atoms with Gasteiger partial charge in [-0.15, -0.1) is 0 Å². The second kappa shape index (κ2) is 39.4. The van der Waals surface area contributed by atoms with E-state index >= 15 is 9.59 Å². The lowest BCUT2D eigenvalue weighted by atomic mass is 9.85. The number of carbonyl (C=O) groups excluding carboxylic acids is 7. The van der Waals surface area contributed by atoms with Gasteiger partial charge in [-0.1, -0.05) is 130 Å². The first-order valence-corrected chi connectivity index (χ1v) is 30.8. The Bertz CT molecular complexity index is 2530. The Kier molecular flexibility index (Phi) is 33.9. The summed E-state index contributed by atoms with van der Waals surface area (Å²) in [5, 5.41) is 15.6. The molecule has 1 aliphatic rings. The van der Waals surface area contributed by atoms with Crippen LogP contribution in [0.15, 0.2) is 71.7 Å². The Labute approximate surface area is 527 Å². The second-order valence-corrected chi connectivity index (χ2v) is 25.8. The molecule has 0 aliphatic carbocycles. The third kappa shape index (κ3) is 31.5. The monoisotopic (exact) mass is 1250 g/mol. The van der Waals surface area contributed by atoms with E-state index in [0.717, 1.165) is 23.3 Å². The number of aliphatic imine (C=N–C) groups is 1. The van der Waals surface area contributed by atoms with Crippen molar-refractivity contribution in [2.45, 2.75) is 164 Å². The summed E-state index contributed by atoms with van der Waals surface area (Å²) in [6.07, 6.45) is 1.28. The number of methoxy groups -OCH3 is 2. The van der Waals surface area contributed by atoms with E-state index in [0.29, 0.717) is 51.7 Å². The van der Waals surface area contributed by atoms with Crippen molar-refractivity contribution < 1.29 is 76.2 Å². The number of ether oxygens (including phenoxy) is 9. The fourth-order valence-corrected chi connectivity index (χ4v) is 9.07. The van der Waals surface area contributed by atoms with Crippen molar-refractivity contribution in [2.24, 2.45) is 27.7 Å². The van der Waals surface area contributed by atoms with Crippen LogP contribution in [0.4, 0.5) is 14.4 Å². The molecular formula is C65H104N8O16. The van der Waals surface area contributed by atoms with Crippen LogP contribution < -0.4 is 32.0 Å². The Hall–Kier alpha value is -6.70. The lowest BCUT2D eigenvalue weighted by molar-refractivity contribution is -0.158. The van der Waals surface area contributed by atoms with Crippen molar-refractivity contribution >= 4 is 47.7 Å². The van der Waals surface area contributed by atoms with Crippen LogP contribution in [0.5, 0.6) is 0 Å². The number of dihydropyridines is 1. The van der Waals surface area contributed by atoms with E-state index in [1.54, 1.807) is 69.4 Å². The van der Waals surface area contributed by atoms with Gasteiger partial charge in [0.15, 0.2) is 0 Å². The number of amides is 6. The number of hydrazine groups is 1. The zero-order valence-electron chi connectivity index (χ0n) is 55.4. The molecule has 2 aromatic rings. The largest absolute Gasteiger partial charge is 0.457 e. The van der Waals surface area contributed by atoms with E-state index in [2.05, 4.69) is 43.1 Å². The van der Waals surface area contributed by atoms with E-state index in [9.17, 15) is 24.0 Å². The van der Waals surface area contributed by atoms with Crippen LogP contribution in [0.2, 0.25) is 0 Å². The van der Waals surface area contributed by atoms with Crippen LogP contribution >= 0.6 is 0 Å². The third-order valence-electron chi connectivity index (χ3n) is 13.5. The van der Waals surface area contributed by atoms with Crippen molar-refractivity contribution in [3.05, 3.63) is 83.4 Å². The second-order valence-electron chi connectivity index (χ2n) is 25.8. The number of hydrogen-bond acceptors (Lipinski definition) is 18. The highest BCUT2D eigenvalue weighted by molar-refractivity contribution is 6.09. The topological polar surface area (TPSA) is 290 Å². The number of carbonyl (C=O) groups is 7. The van der Waals surface area contributed by atoms with Crippen LogP contribution in [0, 0.1) is 22.7 Å². The molecular weight excluding hydrogens is 1150 g/mol. The minimum atomic E-state index is -1.36. The van der Waals surface area contributed by atoms with Gasteiger partial charge >= 0.3 is 24.2 Å². The summed E-state index contributed by atoms with van der Waals surface area (Å²) in [5.74, 6) is -3.09. The summed E-state index contributed by atoms with van der Waals surface area (Å²) in [6.45, 7) is 26.6. The number of benzene rings is 2. The van der Waals surface area contributed by atoms with Crippen LogP contribution in [0.3, 0.4) is 0 Å². The SMILES string of the molecule is COCCOCCOCCOCCOCCOC(=O)NC(C(=O)NC(Cc1ccccc1)C(CN(Cc1ccc(C2=NCCC=C2)cc1)NC(=O)C(NC(=O)OC)C(C)(C)C)OC(=O)C(CC(C)C)NC(=O)C(CC(C)C)NC(=O)OC(C)(C)C)C(C)(C)C. The fourth-order valence-electron chi connectivity index (χ4n) is 9.07. The number of hydrogen-bond donors (Lipinski definition) is 6. The van der Waals surface area contributed by atoms with Crippen molar-refractivity contribution in [3.8, 4) is 0 Å². The molecule has 0 spiro atoms. The van der Waals surface area contributed by atoms with Gasteiger partial charge in [0, 0.05) is 20.2 Å². The molecule has 89 heavy (non-hydrogen) atoms. The molecule has 0 saturated carbocycles. The van der Waals surface area contributed by atoms with E-state index in [4.69, 9.17) is 42.6 Å². The molecule has 6 amide bonds. The molecule has 1 aliphatic heterocycles. The summed E-state index contributed by atoms with van der Waals surface area (Å²) in [4.78, 5) is 104. The molecule has 500 valence electrons. The first-order chi connectivity index (χ1) is 42.0. The normalized spacial score (nSPS) is 14.7. The number of rotatable bonds is 38. The van der Waals surface area contributed by atoms with Crippen molar-refractivity contribution in [1.82, 2.24) is 37.0 Å². The maximum Gasteiger partial charge on any atom is 0.408 e. The van der Waals surface area contributed by atoms with E-state index in [-0.39, 0.29) is 70.6 Å². The van der Waals surface area contributed by atoms with Gasteiger partial charge in [0.2, 0.25) is 11.8 Å². The number of alkyl carbamates (subject to hydrolysis) is 3. The number of nitrogens with one attached hydrogen (secondary N) is 6. The molecule has 0 bridgehead atoms. The van der Waals surface area contributed by atoms with Crippen LogP contribution in [-0.4, -0.2) is 188 Å². The third-order valence-corrected chi connectivity index (χ3v) is 13.5.